The van der Waals surface area contributed by atoms with Crippen molar-refractivity contribution in [2.75, 3.05) is 0 Å². The molecule has 7 heteroatoms. The molecule has 0 radical (unpaired) electrons. The fourth-order valence-electron chi connectivity index (χ4n) is 3.26. The topological polar surface area (TPSA) is 88.8 Å². The van der Waals surface area contributed by atoms with Gasteiger partial charge in [0.2, 0.25) is 0 Å². The van der Waals surface area contributed by atoms with Crippen LogP contribution in [-0.2, 0) is 6.54 Å². The van der Waals surface area contributed by atoms with Crippen LogP contribution in [0.25, 0.3) is 10.9 Å². The van der Waals surface area contributed by atoms with Crippen molar-refractivity contribution < 1.29 is 24.5 Å². The maximum Gasteiger partial charge on any atom is 0.352 e. The number of carboxylic acids is 2. The lowest BCUT2D eigenvalue weighted by Crippen LogP contribution is -2.09. The van der Waals surface area contributed by atoms with Crippen molar-refractivity contribution in [3.05, 3.63) is 94.1 Å². The number of carbonyl (C=O) groups is 2. The van der Waals surface area contributed by atoms with Crippen molar-refractivity contribution in [3.63, 3.8) is 0 Å². The van der Waals surface area contributed by atoms with Crippen LogP contribution in [0.5, 0.6) is 11.5 Å². The molecule has 3 aromatic carbocycles. The zero-order valence-corrected chi connectivity index (χ0v) is 17.2. The van der Waals surface area contributed by atoms with E-state index in [1.54, 1.807) is 34.9 Å². The molecule has 0 bridgehead atoms. The first-order valence-corrected chi connectivity index (χ1v) is 9.83. The fraction of sp³-hybridized carbons (Fsp3) is 0.0435. The Balaban J connectivity index is 1.78. The van der Waals surface area contributed by atoms with E-state index in [2.05, 4.69) is 15.9 Å². The van der Waals surface area contributed by atoms with Crippen LogP contribution >= 0.6 is 15.9 Å². The second-order valence-corrected chi connectivity index (χ2v) is 7.53. The van der Waals surface area contributed by atoms with Gasteiger partial charge in [-0.1, -0.05) is 30.3 Å². The van der Waals surface area contributed by atoms with Gasteiger partial charge in [-0.3, -0.25) is 0 Å². The summed E-state index contributed by atoms with van der Waals surface area (Å²) in [5.41, 5.74) is 1.78. The van der Waals surface area contributed by atoms with Crippen LogP contribution in [0.15, 0.2) is 77.3 Å². The highest BCUT2D eigenvalue weighted by atomic mass is 79.9. The van der Waals surface area contributed by atoms with Crippen molar-refractivity contribution in [1.82, 2.24) is 4.57 Å². The number of halogens is 1. The number of ether oxygens (including phenoxy) is 1. The van der Waals surface area contributed by atoms with Gasteiger partial charge in [-0.25, -0.2) is 9.59 Å². The number of aromatic carboxylic acids is 2. The maximum atomic E-state index is 11.9. The van der Waals surface area contributed by atoms with E-state index in [1.165, 1.54) is 12.1 Å². The molecule has 1 aromatic heterocycles. The fourth-order valence-corrected chi connectivity index (χ4v) is 3.80. The van der Waals surface area contributed by atoms with E-state index in [9.17, 15) is 14.7 Å². The van der Waals surface area contributed by atoms with Gasteiger partial charge in [-0.15, -0.1) is 0 Å². The highest BCUT2D eigenvalue weighted by Gasteiger charge is 2.18. The Kier molecular flexibility index (Phi) is 5.29. The van der Waals surface area contributed by atoms with Crippen LogP contribution in [-0.4, -0.2) is 26.7 Å². The summed E-state index contributed by atoms with van der Waals surface area (Å²) in [5.74, 6) is -0.820. The molecule has 0 amide bonds. The van der Waals surface area contributed by atoms with Crippen LogP contribution in [0.3, 0.4) is 0 Å². The number of carboxylic acid groups (broad SMARTS) is 2. The first kappa shape index (κ1) is 19.7. The van der Waals surface area contributed by atoms with Gasteiger partial charge in [-0.2, -0.15) is 0 Å². The SMILES string of the molecule is O=C(O)c1ccc(Cn2c(C(=O)O)cc3c(Br)cc(Oc4ccccc4)cc32)cc1. The lowest BCUT2D eigenvalue weighted by molar-refractivity contribution is 0.0680. The number of hydrogen-bond donors (Lipinski definition) is 2. The summed E-state index contributed by atoms with van der Waals surface area (Å²) in [4.78, 5) is 22.9. The standard InChI is InChI=1S/C23H16BrNO5/c24-19-10-17(30-16-4-2-1-3-5-16)11-20-18(19)12-21(23(28)29)25(20)13-14-6-8-15(9-7-14)22(26)27/h1-12H,13H2,(H,26,27)(H,28,29). The van der Waals surface area contributed by atoms with Gasteiger partial charge in [0.15, 0.2) is 0 Å². The summed E-state index contributed by atoms with van der Waals surface area (Å²) in [7, 11) is 0. The van der Waals surface area contributed by atoms with Gasteiger partial charge in [-0.05, 0) is 57.9 Å². The normalized spacial score (nSPS) is 10.8. The monoisotopic (exact) mass is 465 g/mol. The minimum absolute atomic E-state index is 0.130. The van der Waals surface area contributed by atoms with Crippen molar-refractivity contribution in [3.8, 4) is 11.5 Å². The van der Waals surface area contributed by atoms with Gasteiger partial charge >= 0.3 is 11.9 Å². The van der Waals surface area contributed by atoms with E-state index in [1.807, 2.05) is 30.3 Å². The molecule has 2 N–H and O–H groups in total. The highest BCUT2D eigenvalue weighted by molar-refractivity contribution is 9.10. The predicted octanol–water partition coefficient (Wildman–Crippen LogP) is 5.64. The molecule has 6 nitrogen and oxygen atoms in total. The Morgan fingerprint density at radius 1 is 0.867 bits per heavy atom. The molecule has 0 fully saturated rings. The molecule has 0 aliphatic heterocycles. The number of rotatable bonds is 6. The lowest BCUT2D eigenvalue weighted by atomic mass is 10.1. The summed E-state index contributed by atoms with van der Waals surface area (Å²) in [6.45, 7) is 0.270. The van der Waals surface area contributed by atoms with E-state index < -0.39 is 11.9 Å². The van der Waals surface area contributed by atoms with E-state index in [0.29, 0.717) is 21.5 Å². The van der Waals surface area contributed by atoms with Crippen LogP contribution in [0, 0.1) is 0 Å². The van der Waals surface area contributed by atoms with E-state index in [-0.39, 0.29) is 17.8 Å². The third kappa shape index (κ3) is 3.92. The average molecular weight is 466 g/mol. The van der Waals surface area contributed by atoms with E-state index in [4.69, 9.17) is 9.84 Å². The number of fused-ring (bicyclic) bond motifs is 1. The molecule has 30 heavy (non-hydrogen) atoms. The second-order valence-electron chi connectivity index (χ2n) is 6.68. The number of para-hydroxylation sites is 1. The molecular weight excluding hydrogens is 450 g/mol. The van der Waals surface area contributed by atoms with E-state index in [0.717, 1.165) is 10.9 Å². The van der Waals surface area contributed by atoms with Crippen molar-refractivity contribution in [2.24, 2.45) is 0 Å². The van der Waals surface area contributed by atoms with Gasteiger partial charge in [0.25, 0.3) is 0 Å². The van der Waals surface area contributed by atoms with Crippen molar-refractivity contribution in [2.45, 2.75) is 6.54 Å². The van der Waals surface area contributed by atoms with Gasteiger partial charge in [0.1, 0.15) is 17.2 Å². The molecule has 0 unspecified atom stereocenters. The molecule has 0 aliphatic carbocycles. The molecule has 150 valence electrons. The Hall–Kier alpha value is -3.58. The van der Waals surface area contributed by atoms with Gasteiger partial charge < -0.3 is 19.5 Å². The van der Waals surface area contributed by atoms with Crippen molar-refractivity contribution >= 4 is 38.8 Å². The summed E-state index contributed by atoms with van der Waals surface area (Å²) in [6, 6.07) is 20.9. The quantitative estimate of drug-likeness (QED) is 0.384. The Morgan fingerprint density at radius 2 is 1.57 bits per heavy atom. The minimum Gasteiger partial charge on any atom is -0.478 e. The molecule has 4 rings (SSSR count). The van der Waals surface area contributed by atoms with Gasteiger partial charge in [0, 0.05) is 22.5 Å². The molecular formula is C23H16BrNO5. The molecule has 0 spiro atoms. The number of nitrogens with zero attached hydrogens (tertiary/aromatic N) is 1. The molecule has 0 saturated carbocycles. The minimum atomic E-state index is -1.05. The lowest BCUT2D eigenvalue weighted by Gasteiger charge is -2.11. The Bertz CT molecular complexity index is 1250. The second kappa shape index (κ2) is 8.04. The molecule has 0 aliphatic rings. The zero-order chi connectivity index (χ0) is 21.3. The Labute approximate surface area is 180 Å². The Morgan fingerprint density at radius 3 is 2.20 bits per heavy atom. The molecule has 0 saturated heterocycles. The van der Waals surface area contributed by atoms with E-state index >= 15 is 0 Å². The maximum absolute atomic E-state index is 11.9. The largest absolute Gasteiger partial charge is 0.478 e. The zero-order valence-electron chi connectivity index (χ0n) is 15.6. The predicted molar refractivity (Wildman–Crippen MR) is 116 cm³/mol. The van der Waals surface area contributed by atoms with Crippen LogP contribution < -0.4 is 4.74 Å². The third-order valence-corrected chi connectivity index (χ3v) is 5.34. The summed E-state index contributed by atoms with van der Waals surface area (Å²) >= 11 is 3.52. The summed E-state index contributed by atoms with van der Waals surface area (Å²) < 4.78 is 8.32. The molecule has 0 atom stereocenters. The smallest absolute Gasteiger partial charge is 0.352 e. The average Bonchev–Trinajstić information content (AvgIpc) is 3.08. The van der Waals surface area contributed by atoms with Crippen LogP contribution in [0.1, 0.15) is 26.4 Å². The van der Waals surface area contributed by atoms with Crippen LogP contribution in [0.4, 0.5) is 0 Å². The number of aromatic nitrogens is 1. The number of hydrogen-bond acceptors (Lipinski definition) is 3. The first-order valence-electron chi connectivity index (χ1n) is 9.03. The molecule has 4 aromatic rings. The first-order chi connectivity index (χ1) is 14.4. The molecule has 1 heterocycles. The summed E-state index contributed by atoms with van der Waals surface area (Å²) in [6.07, 6.45) is 0. The number of benzene rings is 3. The third-order valence-electron chi connectivity index (χ3n) is 4.68. The van der Waals surface area contributed by atoms with Crippen molar-refractivity contribution in [1.29, 1.82) is 0 Å². The van der Waals surface area contributed by atoms with Gasteiger partial charge in [0.05, 0.1) is 11.1 Å². The summed E-state index contributed by atoms with van der Waals surface area (Å²) in [5, 5.41) is 19.5. The van der Waals surface area contributed by atoms with Crippen LogP contribution in [0.2, 0.25) is 0 Å². The highest BCUT2D eigenvalue weighted by Crippen LogP contribution is 2.34.